The van der Waals surface area contributed by atoms with Gasteiger partial charge >= 0.3 is 0 Å². The molecule has 3 rings (SSSR count). The lowest BCUT2D eigenvalue weighted by atomic mass is 10.1. The van der Waals surface area contributed by atoms with Crippen molar-refractivity contribution in [2.75, 3.05) is 0 Å². The standard InChI is InChI=1S/C14H14N2S/c1-2-4-6-11(7-5-3-1)14-16-12-8-9-15-10-13(12)17-14/h2,4,7-10H,1,3,5-6H2/b4-2-,11-7+. The average molecular weight is 242 g/mol. The number of hydrogen-bond acceptors (Lipinski definition) is 3. The van der Waals surface area contributed by atoms with Crippen molar-refractivity contribution in [2.45, 2.75) is 25.7 Å². The number of pyridine rings is 1. The van der Waals surface area contributed by atoms with E-state index in [0.29, 0.717) is 0 Å². The van der Waals surface area contributed by atoms with Gasteiger partial charge < -0.3 is 0 Å². The zero-order chi connectivity index (χ0) is 11.5. The summed E-state index contributed by atoms with van der Waals surface area (Å²) in [4.78, 5) is 8.83. The van der Waals surface area contributed by atoms with Crippen molar-refractivity contribution in [1.29, 1.82) is 0 Å². The Morgan fingerprint density at radius 2 is 2.18 bits per heavy atom. The van der Waals surface area contributed by atoms with E-state index in [0.717, 1.165) is 23.4 Å². The fourth-order valence-corrected chi connectivity index (χ4v) is 3.00. The van der Waals surface area contributed by atoms with Crippen molar-refractivity contribution in [2.24, 2.45) is 0 Å². The lowest BCUT2D eigenvalue weighted by molar-refractivity contribution is 0.859. The van der Waals surface area contributed by atoms with Gasteiger partial charge in [-0.2, -0.15) is 0 Å². The minimum atomic E-state index is 1.01. The van der Waals surface area contributed by atoms with E-state index in [1.807, 2.05) is 12.3 Å². The van der Waals surface area contributed by atoms with Crippen LogP contribution in [0.15, 0.2) is 36.7 Å². The van der Waals surface area contributed by atoms with E-state index in [1.54, 1.807) is 17.5 Å². The van der Waals surface area contributed by atoms with Crippen LogP contribution in [0.3, 0.4) is 0 Å². The fraction of sp³-hybridized carbons (Fsp3) is 0.286. The van der Waals surface area contributed by atoms with Crippen LogP contribution in [0.2, 0.25) is 0 Å². The predicted molar refractivity (Wildman–Crippen MR) is 73.0 cm³/mol. The molecule has 3 heteroatoms. The van der Waals surface area contributed by atoms with E-state index >= 15 is 0 Å². The molecule has 0 unspecified atom stereocenters. The number of rotatable bonds is 1. The minimum absolute atomic E-state index is 1.01. The number of nitrogens with zero attached hydrogens (tertiary/aromatic N) is 2. The molecule has 0 saturated carbocycles. The second kappa shape index (κ2) is 4.80. The average Bonchev–Trinajstić information content (AvgIpc) is 2.71. The van der Waals surface area contributed by atoms with Crippen LogP contribution in [-0.4, -0.2) is 9.97 Å². The molecule has 0 aromatic carbocycles. The van der Waals surface area contributed by atoms with Gasteiger partial charge in [-0.1, -0.05) is 18.2 Å². The summed E-state index contributed by atoms with van der Waals surface area (Å²) in [5.74, 6) is 0. The molecule has 0 saturated heterocycles. The van der Waals surface area contributed by atoms with E-state index in [-0.39, 0.29) is 0 Å². The molecule has 17 heavy (non-hydrogen) atoms. The Balaban J connectivity index is 1.99. The highest BCUT2D eigenvalue weighted by atomic mass is 32.1. The van der Waals surface area contributed by atoms with Gasteiger partial charge in [-0.15, -0.1) is 11.3 Å². The van der Waals surface area contributed by atoms with Crippen LogP contribution in [0.4, 0.5) is 0 Å². The van der Waals surface area contributed by atoms with Gasteiger partial charge in [-0.05, 0) is 37.3 Å². The second-order valence-electron chi connectivity index (χ2n) is 4.20. The summed E-state index contributed by atoms with van der Waals surface area (Å²) in [5, 5.41) is 1.15. The zero-order valence-corrected chi connectivity index (χ0v) is 10.4. The van der Waals surface area contributed by atoms with E-state index in [4.69, 9.17) is 0 Å². The largest absolute Gasteiger partial charge is 0.263 e. The highest BCUT2D eigenvalue weighted by molar-refractivity contribution is 7.19. The highest BCUT2D eigenvalue weighted by Gasteiger charge is 2.08. The molecule has 0 spiro atoms. The molecular weight excluding hydrogens is 228 g/mol. The summed E-state index contributed by atoms with van der Waals surface area (Å²) in [6, 6.07) is 1.98. The normalized spacial score (nSPS) is 21.5. The summed E-state index contributed by atoms with van der Waals surface area (Å²) in [6.45, 7) is 0. The highest BCUT2D eigenvalue weighted by Crippen LogP contribution is 2.29. The molecule has 1 aliphatic rings. The van der Waals surface area contributed by atoms with Crippen LogP contribution in [-0.2, 0) is 0 Å². The van der Waals surface area contributed by atoms with Gasteiger partial charge in [0.25, 0.3) is 0 Å². The third-order valence-corrected chi connectivity index (χ3v) is 4.02. The first-order valence-corrected chi connectivity index (χ1v) is 6.80. The SMILES string of the molecule is C1=C\C/C(c2nc3ccncc3s2)=C\CCC/1. The monoisotopic (exact) mass is 242 g/mol. The first-order valence-electron chi connectivity index (χ1n) is 5.98. The number of hydrogen-bond donors (Lipinski definition) is 0. The number of aromatic nitrogens is 2. The van der Waals surface area contributed by atoms with Crippen molar-refractivity contribution >= 4 is 27.1 Å². The third kappa shape index (κ3) is 2.29. The summed E-state index contributed by atoms with van der Waals surface area (Å²) in [6.07, 6.45) is 15.2. The maximum Gasteiger partial charge on any atom is 0.120 e. The first kappa shape index (κ1) is 10.7. The topological polar surface area (TPSA) is 25.8 Å². The van der Waals surface area contributed by atoms with Gasteiger partial charge in [-0.3, -0.25) is 4.98 Å². The van der Waals surface area contributed by atoms with Gasteiger partial charge in [0.1, 0.15) is 5.01 Å². The van der Waals surface area contributed by atoms with E-state index in [1.165, 1.54) is 23.1 Å². The quantitative estimate of drug-likeness (QED) is 0.700. The molecule has 2 nitrogen and oxygen atoms in total. The van der Waals surface area contributed by atoms with E-state index in [2.05, 4.69) is 28.2 Å². The van der Waals surface area contributed by atoms with Gasteiger partial charge in [0.05, 0.1) is 10.2 Å². The van der Waals surface area contributed by atoms with Crippen LogP contribution in [0.1, 0.15) is 30.7 Å². The van der Waals surface area contributed by atoms with E-state index in [9.17, 15) is 0 Å². The van der Waals surface area contributed by atoms with Crippen LogP contribution < -0.4 is 0 Å². The Labute approximate surface area is 105 Å². The molecule has 86 valence electrons. The Hall–Kier alpha value is -1.48. The van der Waals surface area contributed by atoms with Crippen molar-refractivity contribution in [3.63, 3.8) is 0 Å². The maximum absolute atomic E-state index is 4.69. The molecule has 0 radical (unpaired) electrons. The van der Waals surface area contributed by atoms with Gasteiger partial charge in [0.15, 0.2) is 0 Å². The molecule has 0 bridgehead atoms. The van der Waals surface area contributed by atoms with Crippen LogP contribution in [0.5, 0.6) is 0 Å². The Morgan fingerprint density at radius 1 is 1.18 bits per heavy atom. The van der Waals surface area contributed by atoms with Crippen LogP contribution >= 0.6 is 11.3 Å². The second-order valence-corrected chi connectivity index (χ2v) is 5.23. The third-order valence-electron chi connectivity index (χ3n) is 2.94. The number of allylic oxidation sites excluding steroid dienone is 4. The summed E-state index contributed by atoms with van der Waals surface area (Å²) in [5.41, 5.74) is 2.43. The maximum atomic E-state index is 4.69. The molecule has 0 fully saturated rings. The van der Waals surface area contributed by atoms with Crippen molar-refractivity contribution in [1.82, 2.24) is 9.97 Å². The van der Waals surface area contributed by atoms with Gasteiger partial charge in [-0.25, -0.2) is 4.98 Å². The molecule has 0 N–H and O–H groups in total. The zero-order valence-electron chi connectivity index (χ0n) is 9.60. The molecule has 2 aromatic rings. The molecule has 0 atom stereocenters. The van der Waals surface area contributed by atoms with Crippen molar-refractivity contribution < 1.29 is 0 Å². The van der Waals surface area contributed by atoms with E-state index < -0.39 is 0 Å². The fourth-order valence-electron chi connectivity index (χ4n) is 2.02. The minimum Gasteiger partial charge on any atom is -0.263 e. The van der Waals surface area contributed by atoms with Crippen LogP contribution in [0, 0.1) is 0 Å². The van der Waals surface area contributed by atoms with Gasteiger partial charge in [0, 0.05) is 12.4 Å². The molecule has 0 aliphatic heterocycles. The van der Waals surface area contributed by atoms with Crippen molar-refractivity contribution in [3.8, 4) is 0 Å². The lowest BCUT2D eigenvalue weighted by Gasteiger charge is -2.03. The summed E-state index contributed by atoms with van der Waals surface area (Å²) in [7, 11) is 0. The Bertz CT molecular complexity index is 548. The smallest absolute Gasteiger partial charge is 0.120 e. The number of thiazole rings is 1. The molecule has 1 aliphatic carbocycles. The molecule has 0 amide bonds. The Morgan fingerprint density at radius 3 is 3.12 bits per heavy atom. The molecular formula is C14H14N2S. The van der Waals surface area contributed by atoms with Gasteiger partial charge in [0.2, 0.25) is 0 Å². The lowest BCUT2D eigenvalue weighted by Crippen LogP contribution is -1.85. The first-order chi connectivity index (χ1) is 8.43. The predicted octanol–water partition coefficient (Wildman–Crippen LogP) is 4.20. The Kier molecular flexibility index (Phi) is 3.01. The number of fused-ring (bicyclic) bond motifs is 1. The summed E-state index contributed by atoms with van der Waals surface area (Å²) >= 11 is 1.74. The molecule has 2 aromatic heterocycles. The summed E-state index contributed by atoms with van der Waals surface area (Å²) < 4.78 is 1.18. The van der Waals surface area contributed by atoms with Crippen molar-refractivity contribution in [3.05, 3.63) is 41.7 Å². The molecule has 2 heterocycles. The van der Waals surface area contributed by atoms with Crippen LogP contribution in [0.25, 0.3) is 15.8 Å².